The van der Waals surface area contributed by atoms with Crippen LogP contribution >= 0.6 is 0 Å². The second-order valence-electron chi connectivity index (χ2n) is 6.27. The molecule has 1 aliphatic heterocycles. The van der Waals surface area contributed by atoms with Gasteiger partial charge in [0.15, 0.2) is 0 Å². The minimum atomic E-state index is -3.29. The van der Waals surface area contributed by atoms with E-state index in [2.05, 4.69) is 5.32 Å². The molecule has 0 bridgehead atoms. The molecular weight excluding hydrogens is 328 g/mol. The lowest BCUT2D eigenvalue weighted by molar-refractivity contribution is -0.120. The van der Waals surface area contributed by atoms with Crippen molar-refractivity contribution in [2.24, 2.45) is 5.92 Å². The molecule has 0 aromatic heterocycles. The first-order valence-corrected chi connectivity index (χ1v) is 9.79. The third kappa shape index (κ3) is 4.78. The van der Waals surface area contributed by atoms with Crippen molar-refractivity contribution < 1.29 is 17.9 Å². The van der Waals surface area contributed by atoms with E-state index in [4.69, 9.17) is 4.74 Å². The Kier molecular flexibility index (Phi) is 6.37. The van der Waals surface area contributed by atoms with Crippen LogP contribution in [0.1, 0.15) is 24.0 Å². The van der Waals surface area contributed by atoms with Gasteiger partial charge in [-0.1, -0.05) is 6.07 Å². The van der Waals surface area contributed by atoms with Crippen LogP contribution in [0.25, 0.3) is 0 Å². The van der Waals surface area contributed by atoms with Crippen LogP contribution in [0, 0.1) is 19.8 Å². The Morgan fingerprint density at radius 1 is 1.25 bits per heavy atom. The topological polar surface area (TPSA) is 75.7 Å². The molecule has 0 unspecified atom stereocenters. The molecule has 0 saturated carbocycles. The van der Waals surface area contributed by atoms with Crippen molar-refractivity contribution in [2.45, 2.75) is 26.7 Å². The molecule has 1 amide bonds. The number of amides is 1. The lowest BCUT2D eigenvalue weighted by Crippen LogP contribution is -2.42. The van der Waals surface area contributed by atoms with Crippen molar-refractivity contribution in [3.63, 3.8) is 0 Å². The minimum absolute atomic E-state index is 0.0109. The quantitative estimate of drug-likeness (QED) is 0.847. The molecule has 1 aliphatic rings. The number of nitrogens with one attached hydrogen (secondary N) is 1. The zero-order chi connectivity index (χ0) is 17.7. The van der Waals surface area contributed by atoms with Gasteiger partial charge < -0.3 is 10.1 Å². The van der Waals surface area contributed by atoms with Gasteiger partial charge in [0, 0.05) is 31.8 Å². The Morgan fingerprint density at radius 2 is 1.92 bits per heavy atom. The first kappa shape index (κ1) is 18.9. The van der Waals surface area contributed by atoms with E-state index in [1.165, 1.54) is 17.0 Å². The summed E-state index contributed by atoms with van der Waals surface area (Å²) >= 11 is 0. The fraction of sp³-hybridized carbons (Fsp3) is 0.588. The SMILES string of the molecule is COCCS(=O)(=O)N1CCC(C(=O)Nc2ccc(C)c(C)c2)CC1. The van der Waals surface area contributed by atoms with E-state index in [0.29, 0.717) is 25.9 Å². The summed E-state index contributed by atoms with van der Waals surface area (Å²) in [6.07, 6.45) is 1.09. The van der Waals surface area contributed by atoms with Crippen molar-refractivity contribution in [2.75, 3.05) is 37.9 Å². The van der Waals surface area contributed by atoms with Gasteiger partial charge in [-0.05, 0) is 49.9 Å². The third-order valence-corrected chi connectivity index (χ3v) is 6.37. The number of hydrogen-bond donors (Lipinski definition) is 1. The second kappa shape index (κ2) is 8.09. The highest BCUT2D eigenvalue weighted by molar-refractivity contribution is 7.89. The molecule has 1 aromatic carbocycles. The highest BCUT2D eigenvalue weighted by atomic mass is 32.2. The number of hydrogen-bond acceptors (Lipinski definition) is 4. The van der Waals surface area contributed by atoms with Crippen molar-refractivity contribution in [3.8, 4) is 0 Å². The number of ether oxygens (including phenoxy) is 1. The van der Waals surface area contributed by atoms with Gasteiger partial charge >= 0.3 is 0 Å². The molecule has 1 N–H and O–H groups in total. The molecule has 0 spiro atoms. The van der Waals surface area contributed by atoms with Crippen LogP contribution in [0.15, 0.2) is 18.2 Å². The van der Waals surface area contributed by atoms with Gasteiger partial charge in [-0.3, -0.25) is 4.79 Å². The summed E-state index contributed by atoms with van der Waals surface area (Å²) in [5, 5.41) is 2.94. The van der Waals surface area contributed by atoms with Gasteiger partial charge in [0.1, 0.15) is 0 Å². The maximum atomic E-state index is 12.4. The number of nitrogens with zero attached hydrogens (tertiary/aromatic N) is 1. The number of aryl methyl sites for hydroxylation is 2. The van der Waals surface area contributed by atoms with Gasteiger partial charge in [0.05, 0.1) is 12.4 Å². The van der Waals surface area contributed by atoms with E-state index >= 15 is 0 Å². The predicted octanol–water partition coefficient (Wildman–Crippen LogP) is 1.93. The molecule has 24 heavy (non-hydrogen) atoms. The first-order chi connectivity index (χ1) is 11.3. The van der Waals surface area contributed by atoms with Crippen molar-refractivity contribution in [1.29, 1.82) is 0 Å². The molecular formula is C17H26N2O4S. The molecule has 0 radical (unpaired) electrons. The van der Waals surface area contributed by atoms with E-state index in [0.717, 1.165) is 11.3 Å². The molecule has 1 saturated heterocycles. The summed E-state index contributed by atoms with van der Waals surface area (Å²) in [5.74, 6) is -0.198. The van der Waals surface area contributed by atoms with Gasteiger partial charge in [0.2, 0.25) is 15.9 Å². The molecule has 134 valence electrons. The largest absolute Gasteiger partial charge is 0.384 e. The highest BCUT2D eigenvalue weighted by Gasteiger charge is 2.30. The molecule has 0 atom stereocenters. The molecule has 6 nitrogen and oxygen atoms in total. The Labute approximate surface area is 144 Å². The summed E-state index contributed by atoms with van der Waals surface area (Å²) in [6, 6.07) is 5.83. The number of rotatable bonds is 6. The fourth-order valence-electron chi connectivity index (χ4n) is 2.78. The lowest BCUT2D eigenvalue weighted by atomic mass is 9.97. The van der Waals surface area contributed by atoms with Gasteiger partial charge in [0.25, 0.3) is 0 Å². The summed E-state index contributed by atoms with van der Waals surface area (Å²) in [4.78, 5) is 12.4. The number of sulfonamides is 1. The molecule has 1 fully saturated rings. The second-order valence-corrected chi connectivity index (χ2v) is 8.36. The van der Waals surface area contributed by atoms with Crippen LogP contribution in [0.2, 0.25) is 0 Å². The Morgan fingerprint density at radius 3 is 2.50 bits per heavy atom. The van der Waals surface area contributed by atoms with E-state index in [1.54, 1.807) is 0 Å². The Balaban J connectivity index is 1.89. The van der Waals surface area contributed by atoms with E-state index in [1.807, 2.05) is 32.0 Å². The number of anilines is 1. The van der Waals surface area contributed by atoms with Crippen molar-refractivity contribution in [1.82, 2.24) is 4.31 Å². The van der Waals surface area contributed by atoms with Gasteiger partial charge in [-0.15, -0.1) is 0 Å². The Hall–Kier alpha value is -1.44. The third-order valence-electron chi connectivity index (χ3n) is 4.54. The van der Waals surface area contributed by atoms with Gasteiger partial charge in [-0.2, -0.15) is 0 Å². The summed E-state index contributed by atoms with van der Waals surface area (Å²) < 4.78 is 30.6. The van der Waals surface area contributed by atoms with Crippen LogP contribution in [0.4, 0.5) is 5.69 Å². The van der Waals surface area contributed by atoms with Crippen LogP contribution < -0.4 is 5.32 Å². The average molecular weight is 354 g/mol. The number of piperidine rings is 1. The predicted molar refractivity (Wildman–Crippen MR) is 94.5 cm³/mol. The zero-order valence-corrected chi connectivity index (χ0v) is 15.4. The smallest absolute Gasteiger partial charge is 0.227 e. The van der Waals surface area contributed by atoms with Crippen molar-refractivity contribution in [3.05, 3.63) is 29.3 Å². The summed E-state index contributed by atoms with van der Waals surface area (Å²) in [7, 11) is -1.80. The minimum Gasteiger partial charge on any atom is -0.384 e. The maximum absolute atomic E-state index is 12.4. The molecule has 0 aliphatic carbocycles. The summed E-state index contributed by atoms with van der Waals surface area (Å²) in [5.41, 5.74) is 3.10. The van der Waals surface area contributed by atoms with E-state index < -0.39 is 10.0 Å². The van der Waals surface area contributed by atoms with E-state index in [-0.39, 0.29) is 24.2 Å². The van der Waals surface area contributed by atoms with Crippen LogP contribution in [0.5, 0.6) is 0 Å². The first-order valence-electron chi connectivity index (χ1n) is 8.18. The number of methoxy groups -OCH3 is 1. The molecule has 1 aromatic rings. The standard InChI is InChI=1S/C17H26N2O4S/c1-13-4-5-16(12-14(13)2)18-17(20)15-6-8-19(9-7-15)24(21,22)11-10-23-3/h4-5,12,15H,6-11H2,1-3H3,(H,18,20). The molecule has 7 heteroatoms. The Bertz CT molecular complexity index is 680. The van der Waals surface area contributed by atoms with Crippen LogP contribution in [-0.4, -0.2) is 51.2 Å². The fourth-order valence-corrected chi connectivity index (χ4v) is 4.18. The highest BCUT2D eigenvalue weighted by Crippen LogP contribution is 2.22. The van der Waals surface area contributed by atoms with Crippen molar-refractivity contribution >= 4 is 21.6 Å². The molecule has 1 heterocycles. The average Bonchev–Trinajstić information content (AvgIpc) is 2.56. The van der Waals surface area contributed by atoms with Gasteiger partial charge in [-0.25, -0.2) is 12.7 Å². The molecule has 2 rings (SSSR count). The number of carbonyl (C=O) groups is 1. The number of carbonyl (C=O) groups excluding carboxylic acids is 1. The maximum Gasteiger partial charge on any atom is 0.227 e. The monoisotopic (exact) mass is 354 g/mol. The summed E-state index contributed by atoms with van der Waals surface area (Å²) in [6.45, 7) is 5.00. The normalized spacial score (nSPS) is 17.0. The van der Waals surface area contributed by atoms with Crippen LogP contribution in [-0.2, 0) is 19.6 Å². The zero-order valence-electron chi connectivity index (χ0n) is 14.5. The van der Waals surface area contributed by atoms with E-state index in [9.17, 15) is 13.2 Å². The number of benzene rings is 1. The van der Waals surface area contributed by atoms with Crippen LogP contribution in [0.3, 0.4) is 0 Å². The lowest BCUT2D eigenvalue weighted by Gasteiger charge is -2.30.